The summed E-state index contributed by atoms with van der Waals surface area (Å²) in [6, 6.07) is 4.56. The van der Waals surface area contributed by atoms with Gasteiger partial charge >= 0.3 is 0 Å². The van der Waals surface area contributed by atoms with Crippen LogP contribution in [0.5, 0.6) is 0 Å². The van der Waals surface area contributed by atoms with Crippen LogP contribution in [0.25, 0.3) is 0 Å². The third-order valence-corrected chi connectivity index (χ3v) is 6.76. The Hall–Kier alpha value is -0.540. The van der Waals surface area contributed by atoms with Crippen LogP contribution in [0.3, 0.4) is 0 Å². The first-order valence-electron chi connectivity index (χ1n) is 7.38. The van der Waals surface area contributed by atoms with E-state index < -0.39 is 15.8 Å². The molecule has 1 unspecified atom stereocenters. The summed E-state index contributed by atoms with van der Waals surface area (Å²) in [5, 5.41) is 3.32. The van der Waals surface area contributed by atoms with Gasteiger partial charge in [-0.1, -0.05) is 15.9 Å². The predicted octanol–water partition coefficient (Wildman–Crippen LogP) is 1.26. The molecule has 22 heavy (non-hydrogen) atoms. The fourth-order valence-electron chi connectivity index (χ4n) is 3.08. The van der Waals surface area contributed by atoms with Crippen molar-refractivity contribution in [2.75, 3.05) is 39.3 Å². The van der Waals surface area contributed by atoms with E-state index in [2.05, 4.69) is 26.1 Å². The second-order valence-corrected chi connectivity index (χ2v) is 8.48. The van der Waals surface area contributed by atoms with E-state index in [-0.39, 0.29) is 4.90 Å². The smallest absolute Gasteiger partial charge is 0.246 e. The Morgan fingerprint density at radius 2 is 1.95 bits per heavy atom. The molecule has 2 fully saturated rings. The number of hydrogen-bond donors (Lipinski definition) is 1. The summed E-state index contributed by atoms with van der Waals surface area (Å²) < 4.78 is 41.1. The maximum absolute atomic E-state index is 14.0. The lowest BCUT2D eigenvalue weighted by Crippen LogP contribution is -2.52. The van der Waals surface area contributed by atoms with Crippen molar-refractivity contribution in [2.24, 2.45) is 0 Å². The van der Waals surface area contributed by atoms with Crippen molar-refractivity contribution in [3.05, 3.63) is 28.5 Å². The van der Waals surface area contributed by atoms with Crippen LogP contribution < -0.4 is 5.32 Å². The lowest BCUT2D eigenvalue weighted by atomic mass is 10.2. The number of benzene rings is 1. The average Bonchev–Trinajstić information content (AvgIpc) is 3.01. The standard InChI is InChI=1S/C14H19BrFN3O2S/c15-11-1-2-14(13(16)9-11)22(20,21)19-7-5-18(6-8-19)12-3-4-17-10-12/h1-2,9,12,17H,3-8,10H2. The molecule has 5 nitrogen and oxygen atoms in total. The Bertz CT molecular complexity index is 641. The molecule has 0 amide bonds. The molecule has 2 heterocycles. The lowest BCUT2D eigenvalue weighted by Gasteiger charge is -2.37. The molecule has 0 bridgehead atoms. The van der Waals surface area contributed by atoms with E-state index in [4.69, 9.17) is 0 Å². The highest BCUT2D eigenvalue weighted by atomic mass is 79.9. The number of nitrogens with one attached hydrogen (secondary N) is 1. The molecule has 2 aliphatic heterocycles. The molecule has 1 atom stereocenters. The molecule has 122 valence electrons. The molecule has 0 spiro atoms. The van der Waals surface area contributed by atoms with Gasteiger partial charge in [-0.05, 0) is 31.2 Å². The molecule has 2 aliphatic rings. The number of piperazine rings is 1. The normalized spacial score (nSPS) is 24.7. The van der Waals surface area contributed by atoms with Gasteiger partial charge in [-0.2, -0.15) is 4.31 Å². The average molecular weight is 392 g/mol. The molecule has 0 saturated carbocycles. The van der Waals surface area contributed by atoms with E-state index in [0.29, 0.717) is 36.7 Å². The highest BCUT2D eigenvalue weighted by molar-refractivity contribution is 9.10. The second-order valence-electron chi connectivity index (χ2n) is 5.66. The zero-order valence-electron chi connectivity index (χ0n) is 12.1. The highest BCUT2D eigenvalue weighted by Gasteiger charge is 2.33. The monoisotopic (exact) mass is 391 g/mol. The van der Waals surface area contributed by atoms with Gasteiger partial charge in [0.25, 0.3) is 0 Å². The van der Waals surface area contributed by atoms with Gasteiger partial charge < -0.3 is 5.32 Å². The van der Waals surface area contributed by atoms with Crippen molar-refractivity contribution in [2.45, 2.75) is 17.4 Å². The van der Waals surface area contributed by atoms with Gasteiger partial charge in [0, 0.05) is 43.2 Å². The summed E-state index contributed by atoms with van der Waals surface area (Å²) in [5.74, 6) is -0.711. The predicted molar refractivity (Wildman–Crippen MR) is 85.7 cm³/mol. The Balaban J connectivity index is 1.71. The van der Waals surface area contributed by atoms with Crippen LogP contribution in [-0.2, 0) is 10.0 Å². The Kier molecular flexibility index (Phi) is 4.84. The molecule has 1 aromatic rings. The van der Waals surface area contributed by atoms with Gasteiger partial charge in [-0.3, -0.25) is 4.90 Å². The summed E-state index contributed by atoms with van der Waals surface area (Å²) in [6.07, 6.45) is 1.11. The fourth-order valence-corrected chi connectivity index (χ4v) is 4.88. The summed E-state index contributed by atoms with van der Waals surface area (Å²) in [6.45, 7) is 4.21. The molecule has 1 N–H and O–H groups in total. The van der Waals surface area contributed by atoms with E-state index in [9.17, 15) is 12.8 Å². The van der Waals surface area contributed by atoms with Gasteiger partial charge in [-0.15, -0.1) is 0 Å². The number of sulfonamides is 1. The van der Waals surface area contributed by atoms with E-state index in [1.165, 1.54) is 16.4 Å². The minimum Gasteiger partial charge on any atom is -0.315 e. The molecule has 8 heteroatoms. The molecule has 2 saturated heterocycles. The Labute approximate surface area is 138 Å². The molecule has 0 radical (unpaired) electrons. The van der Waals surface area contributed by atoms with Crippen molar-refractivity contribution >= 4 is 26.0 Å². The first-order chi connectivity index (χ1) is 10.5. The maximum atomic E-state index is 14.0. The molecule has 3 rings (SSSR count). The quantitative estimate of drug-likeness (QED) is 0.842. The largest absolute Gasteiger partial charge is 0.315 e. The second kappa shape index (κ2) is 6.52. The molecular formula is C14H19BrFN3O2S. The van der Waals surface area contributed by atoms with Crippen molar-refractivity contribution in [1.82, 2.24) is 14.5 Å². The van der Waals surface area contributed by atoms with Crippen molar-refractivity contribution in [1.29, 1.82) is 0 Å². The SMILES string of the molecule is O=S(=O)(c1ccc(Br)cc1F)N1CCN(C2CCNC2)CC1. The van der Waals surface area contributed by atoms with Crippen LogP contribution in [0, 0.1) is 5.82 Å². The summed E-state index contributed by atoms with van der Waals surface area (Å²) in [5.41, 5.74) is 0. The van der Waals surface area contributed by atoms with Crippen LogP contribution in [-0.4, -0.2) is 62.9 Å². The molecule has 0 aliphatic carbocycles. The van der Waals surface area contributed by atoms with Gasteiger partial charge in [0.1, 0.15) is 10.7 Å². The minimum atomic E-state index is -3.76. The Morgan fingerprint density at radius 1 is 1.23 bits per heavy atom. The van der Waals surface area contributed by atoms with Crippen LogP contribution in [0.4, 0.5) is 4.39 Å². The van der Waals surface area contributed by atoms with Crippen molar-refractivity contribution in [3.63, 3.8) is 0 Å². The van der Waals surface area contributed by atoms with Gasteiger partial charge in [0.15, 0.2) is 0 Å². The van der Waals surface area contributed by atoms with E-state index in [0.717, 1.165) is 19.5 Å². The molecule has 1 aromatic carbocycles. The van der Waals surface area contributed by atoms with Crippen LogP contribution in [0.2, 0.25) is 0 Å². The van der Waals surface area contributed by atoms with Crippen molar-refractivity contribution < 1.29 is 12.8 Å². The zero-order chi connectivity index (χ0) is 15.7. The minimum absolute atomic E-state index is 0.244. The summed E-state index contributed by atoms with van der Waals surface area (Å²) >= 11 is 3.14. The van der Waals surface area contributed by atoms with Crippen LogP contribution in [0.1, 0.15) is 6.42 Å². The molecule has 0 aromatic heterocycles. The Morgan fingerprint density at radius 3 is 2.55 bits per heavy atom. The molecular weight excluding hydrogens is 373 g/mol. The third kappa shape index (κ3) is 3.21. The van der Waals surface area contributed by atoms with Crippen molar-refractivity contribution in [3.8, 4) is 0 Å². The first kappa shape index (κ1) is 16.3. The summed E-state index contributed by atoms with van der Waals surface area (Å²) in [4.78, 5) is 2.08. The van der Waals surface area contributed by atoms with E-state index in [1.807, 2.05) is 0 Å². The number of nitrogens with zero attached hydrogens (tertiary/aromatic N) is 2. The fraction of sp³-hybridized carbons (Fsp3) is 0.571. The number of halogens is 2. The van der Waals surface area contributed by atoms with Crippen LogP contribution >= 0.6 is 15.9 Å². The summed E-state index contributed by atoms with van der Waals surface area (Å²) in [7, 11) is -3.76. The number of hydrogen-bond acceptors (Lipinski definition) is 4. The van der Waals surface area contributed by atoms with Gasteiger partial charge in [0.05, 0.1) is 0 Å². The van der Waals surface area contributed by atoms with Crippen LogP contribution in [0.15, 0.2) is 27.6 Å². The van der Waals surface area contributed by atoms with Gasteiger partial charge in [0.2, 0.25) is 10.0 Å². The zero-order valence-corrected chi connectivity index (χ0v) is 14.5. The van der Waals surface area contributed by atoms with E-state index in [1.54, 1.807) is 6.07 Å². The lowest BCUT2D eigenvalue weighted by molar-refractivity contribution is 0.145. The third-order valence-electron chi connectivity index (χ3n) is 4.34. The van der Waals surface area contributed by atoms with Gasteiger partial charge in [-0.25, -0.2) is 12.8 Å². The first-order valence-corrected chi connectivity index (χ1v) is 9.62. The van der Waals surface area contributed by atoms with E-state index >= 15 is 0 Å². The topological polar surface area (TPSA) is 52.7 Å². The number of rotatable bonds is 3. The maximum Gasteiger partial charge on any atom is 0.246 e. The highest BCUT2D eigenvalue weighted by Crippen LogP contribution is 2.24.